The first-order chi connectivity index (χ1) is 19.8. The van der Waals surface area contributed by atoms with E-state index in [-0.39, 0.29) is 23.3 Å². The molecular formula is C32H28N4O5. The minimum atomic E-state index is -0.151. The molecule has 0 fully saturated rings. The van der Waals surface area contributed by atoms with E-state index in [2.05, 4.69) is 21.3 Å². The highest BCUT2D eigenvalue weighted by Crippen LogP contribution is 2.33. The molecule has 0 radical (unpaired) electrons. The Bertz CT molecular complexity index is 1710. The predicted molar refractivity (Wildman–Crippen MR) is 161 cm³/mol. The van der Waals surface area contributed by atoms with Gasteiger partial charge < -0.3 is 36.2 Å². The molecule has 2 aliphatic rings. The number of nitrogens with one attached hydrogen (secondary N) is 4. The third-order valence-electron chi connectivity index (χ3n) is 6.57. The quantitative estimate of drug-likeness (QED) is 0.171. The lowest BCUT2D eigenvalue weighted by Gasteiger charge is -2.06. The van der Waals surface area contributed by atoms with Crippen molar-refractivity contribution in [1.29, 1.82) is 0 Å². The average molecular weight is 549 g/mol. The zero-order chi connectivity index (χ0) is 28.9. The first kappa shape index (κ1) is 26.9. The number of hydrogen-bond acceptors (Lipinski definition) is 7. The molecule has 4 aromatic carbocycles. The smallest absolute Gasteiger partial charge is 0.257 e. The molecule has 2 heterocycles. The minimum absolute atomic E-state index is 0.0390. The van der Waals surface area contributed by atoms with Gasteiger partial charge in [-0.25, -0.2) is 0 Å². The lowest BCUT2D eigenvalue weighted by Crippen LogP contribution is -2.05. The fraction of sp³-hybridized carbons (Fsp3) is 0.0625. The van der Waals surface area contributed by atoms with Gasteiger partial charge in [-0.05, 0) is 42.8 Å². The molecule has 6 N–H and O–H groups in total. The van der Waals surface area contributed by atoms with Crippen LogP contribution in [-0.4, -0.2) is 29.1 Å². The number of benzene rings is 4. The molecule has 4 aromatic rings. The Hall–Kier alpha value is -5.70. The van der Waals surface area contributed by atoms with Gasteiger partial charge in [0.2, 0.25) is 0 Å². The molecule has 0 aromatic heterocycles. The molecule has 0 unspecified atom stereocenters. The first-order valence-corrected chi connectivity index (χ1v) is 12.8. The number of para-hydroxylation sites is 2. The highest BCUT2D eigenvalue weighted by atomic mass is 16.5. The molecule has 6 rings (SSSR count). The molecule has 0 aliphatic carbocycles. The second-order valence-electron chi connectivity index (χ2n) is 9.29. The normalized spacial score (nSPS) is 14.9. The summed E-state index contributed by atoms with van der Waals surface area (Å²) in [5, 5.41) is 31.0. The third-order valence-corrected chi connectivity index (χ3v) is 6.57. The summed E-state index contributed by atoms with van der Waals surface area (Å²) in [4.78, 5) is 23.8. The van der Waals surface area contributed by atoms with E-state index in [1.54, 1.807) is 30.6 Å². The van der Waals surface area contributed by atoms with Gasteiger partial charge >= 0.3 is 0 Å². The van der Waals surface area contributed by atoms with Crippen molar-refractivity contribution < 1.29 is 24.5 Å². The van der Waals surface area contributed by atoms with Crippen LogP contribution in [0.15, 0.2) is 97.3 Å². The van der Waals surface area contributed by atoms with Crippen molar-refractivity contribution in [2.45, 2.75) is 6.92 Å². The summed E-state index contributed by atoms with van der Waals surface area (Å²) < 4.78 is 4.98. The number of hydrogen-bond donors (Lipinski definition) is 6. The van der Waals surface area contributed by atoms with Gasteiger partial charge in [0.1, 0.15) is 5.75 Å². The number of rotatable bonds is 5. The third kappa shape index (κ3) is 5.84. The number of amides is 2. The van der Waals surface area contributed by atoms with Crippen LogP contribution in [0.5, 0.6) is 17.2 Å². The molecule has 2 aliphatic heterocycles. The van der Waals surface area contributed by atoms with Gasteiger partial charge in [0, 0.05) is 58.4 Å². The summed E-state index contributed by atoms with van der Waals surface area (Å²) in [7, 11) is 1.49. The maximum Gasteiger partial charge on any atom is 0.257 e. The van der Waals surface area contributed by atoms with E-state index < -0.39 is 0 Å². The predicted octanol–water partition coefficient (Wildman–Crippen LogP) is 5.91. The van der Waals surface area contributed by atoms with E-state index in [1.165, 1.54) is 13.2 Å². The second-order valence-corrected chi connectivity index (χ2v) is 9.29. The van der Waals surface area contributed by atoms with Crippen molar-refractivity contribution in [1.82, 2.24) is 0 Å². The largest absolute Gasteiger partial charge is 0.508 e. The summed E-state index contributed by atoms with van der Waals surface area (Å²) >= 11 is 0. The Labute approximate surface area is 236 Å². The number of fused-ring (bicyclic) bond motifs is 2. The fourth-order valence-corrected chi connectivity index (χ4v) is 4.35. The summed E-state index contributed by atoms with van der Waals surface area (Å²) in [5.41, 5.74) is 6.70. The molecule has 0 spiro atoms. The minimum Gasteiger partial charge on any atom is -0.508 e. The maximum absolute atomic E-state index is 11.9. The number of methoxy groups -OCH3 is 1. The van der Waals surface area contributed by atoms with E-state index in [0.717, 1.165) is 33.8 Å². The van der Waals surface area contributed by atoms with Gasteiger partial charge in [0.25, 0.3) is 11.8 Å². The Morgan fingerprint density at radius 2 is 1.17 bits per heavy atom. The van der Waals surface area contributed by atoms with Crippen LogP contribution >= 0.6 is 0 Å². The monoisotopic (exact) mass is 548 g/mol. The van der Waals surface area contributed by atoms with E-state index in [9.17, 15) is 19.8 Å². The van der Waals surface area contributed by atoms with Gasteiger partial charge in [0.05, 0.1) is 18.3 Å². The molecule has 206 valence electrons. The van der Waals surface area contributed by atoms with Crippen molar-refractivity contribution in [2.75, 3.05) is 28.4 Å². The van der Waals surface area contributed by atoms with Crippen molar-refractivity contribution in [3.63, 3.8) is 0 Å². The molecular weight excluding hydrogens is 520 g/mol. The Kier molecular flexibility index (Phi) is 7.60. The number of ether oxygens (including phenoxy) is 1. The zero-order valence-corrected chi connectivity index (χ0v) is 22.4. The lowest BCUT2D eigenvalue weighted by atomic mass is 10.1. The summed E-state index contributed by atoms with van der Waals surface area (Å²) in [6.07, 6.45) is 3.29. The SMILES string of the molecule is COc1ccc(NC=C2C(=O)Nc3ccccc32)cc1O.Cc1ccc(NC=C2C(=O)Nc3ccccc32)cc1O. The van der Waals surface area contributed by atoms with Crippen LogP contribution in [0.3, 0.4) is 0 Å². The van der Waals surface area contributed by atoms with E-state index in [1.807, 2.05) is 67.6 Å². The molecule has 0 atom stereocenters. The first-order valence-electron chi connectivity index (χ1n) is 12.8. The Balaban J connectivity index is 0.000000165. The Morgan fingerprint density at radius 1 is 0.683 bits per heavy atom. The molecule has 41 heavy (non-hydrogen) atoms. The number of phenols is 2. The highest BCUT2D eigenvalue weighted by molar-refractivity contribution is 6.32. The van der Waals surface area contributed by atoms with Gasteiger partial charge in [0.15, 0.2) is 11.5 Å². The molecule has 0 saturated heterocycles. The van der Waals surface area contributed by atoms with Crippen LogP contribution in [0.4, 0.5) is 22.7 Å². The van der Waals surface area contributed by atoms with Crippen molar-refractivity contribution >= 4 is 45.7 Å². The second kappa shape index (κ2) is 11.6. The number of aryl methyl sites for hydroxylation is 1. The van der Waals surface area contributed by atoms with Crippen LogP contribution in [0.25, 0.3) is 11.1 Å². The number of anilines is 4. The van der Waals surface area contributed by atoms with Crippen LogP contribution < -0.4 is 26.0 Å². The average Bonchev–Trinajstić information content (AvgIpc) is 3.47. The zero-order valence-electron chi connectivity index (χ0n) is 22.4. The number of carbonyl (C=O) groups excluding carboxylic acids is 2. The van der Waals surface area contributed by atoms with Gasteiger partial charge in [-0.2, -0.15) is 0 Å². The van der Waals surface area contributed by atoms with E-state index in [4.69, 9.17) is 4.74 Å². The summed E-state index contributed by atoms with van der Waals surface area (Å²) in [5.74, 6) is 0.385. The van der Waals surface area contributed by atoms with Crippen LogP contribution in [-0.2, 0) is 9.59 Å². The molecule has 2 amide bonds. The van der Waals surface area contributed by atoms with Gasteiger partial charge in [-0.1, -0.05) is 42.5 Å². The number of carbonyl (C=O) groups is 2. The van der Waals surface area contributed by atoms with Crippen LogP contribution in [0.2, 0.25) is 0 Å². The van der Waals surface area contributed by atoms with Crippen molar-refractivity contribution in [3.8, 4) is 17.2 Å². The number of aromatic hydroxyl groups is 2. The molecule has 0 bridgehead atoms. The summed E-state index contributed by atoms with van der Waals surface area (Å²) in [6.45, 7) is 1.83. The molecule has 0 saturated carbocycles. The van der Waals surface area contributed by atoms with Gasteiger partial charge in [-0.15, -0.1) is 0 Å². The standard InChI is InChI=1S/C16H14N2O3.C16H14N2O2/c1-21-15-7-6-10(8-14(15)19)17-9-12-11-4-2-3-5-13(11)18-16(12)20;1-10-6-7-11(8-15(10)19)17-9-13-12-4-2-3-5-14(12)18-16(13)20/h2-9,17,19H,1H3,(H,18,20);2-9,17,19H,1H3,(H,18,20). The highest BCUT2D eigenvalue weighted by Gasteiger charge is 2.24. The fourth-order valence-electron chi connectivity index (χ4n) is 4.35. The van der Waals surface area contributed by atoms with Crippen LogP contribution in [0.1, 0.15) is 16.7 Å². The van der Waals surface area contributed by atoms with Crippen LogP contribution in [0, 0.1) is 6.92 Å². The maximum atomic E-state index is 11.9. The number of phenolic OH excluding ortho intramolecular Hbond substituents is 2. The topological polar surface area (TPSA) is 132 Å². The summed E-state index contributed by atoms with van der Waals surface area (Å²) in [6, 6.07) is 25.3. The van der Waals surface area contributed by atoms with Crippen molar-refractivity contribution in [2.24, 2.45) is 0 Å². The Morgan fingerprint density at radius 3 is 1.66 bits per heavy atom. The lowest BCUT2D eigenvalue weighted by molar-refractivity contribution is -0.111. The van der Waals surface area contributed by atoms with E-state index >= 15 is 0 Å². The van der Waals surface area contributed by atoms with Gasteiger partial charge in [-0.3, -0.25) is 9.59 Å². The van der Waals surface area contributed by atoms with Crippen molar-refractivity contribution in [3.05, 3.63) is 114 Å². The van der Waals surface area contributed by atoms with E-state index in [0.29, 0.717) is 22.6 Å². The molecule has 9 heteroatoms. The molecule has 9 nitrogen and oxygen atoms in total.